The third kappa shape index (κ3) is 3.61. The zero-order valence-corrected chi connectivity index (χ0v) is 8.57. The van der Waals surface area contributed by atoms with Crippen molar-refractivity contribution >= 4 is 6.09 Å². The second-order valence-electron chi connectivity index (χ2n) is 4.01. The lowest BCUT2D eigenvalue weighted by Gasteiger charge is -2.37. The van der Waals surface area contributed by atoms with Crippen molar-refractivity contribution in [2.45, 2.75) is 39.3 Å². The van der Waals surface area contributed by atoms with E-state index in [1.807, 2.05) is 20.8 Å². The van der Waals surface area contributed by atoms with E-state index in [0.29, 0.717) is 0 Å². The van der Waals surface area contributed by atoms with E-state index in [-0.39, 0.29) is 12.6 Å². The van der Waals surface area contributed by atoms with Gasteiger partial charge in [0.05, 0.1) is 12.6 Å². The fourth-order valence-corrected chi connectivity index (χ4v) is 1.35. The van der Waals surface area contributed by atoms with Gasteiger partial charge in [0.1, 0.15) is 0 Å². The molecule has 1 unspecified atom stereocenters. The van der Waals surface area contributed by atoms with Gasteiger partial charge in [-0.15, -0.1) is 0 Å². The predicted molar refractivity (Wildman–Crippen MR) is 49.2 cm³/mol. The molecule has 5 heteroatoms. The Bertz CT molecular complexity index is 177. The van der Waals surface area contributed by atoms with Gasteiger partial charge in [-0.1, -0.05) is 0 Å². The summed E-state index contributed by atoms with van der Waals surface area (Å²) in [6.07, 6.45) is -0.961. The molecule has 0 aliphatic carbocycles. The minimum Gasteiger partial charge on any atom is -0.465 e. The predicted octanol–water partition coefficient (Wildman–Crippen LogP) is 1.04. The van der Waals surface area contributed by atoms with E-state index in [1.54, 1.807) is 6.92 Å². The lowest BCUT2D eigenvalue weighted by Crippen LogP contribution is -2.51. The number of carboxylic acid groups (broad SMARTS) is 1. The van der Waals surface area contributed by atoms with Crippen molar-refractivity contribution in [2.75, 3.05) is 6.61 Å². The largest absolute Gasteiger partial charge is 0.465 e. The average molecular weight is 190 g/mol. The highest BCUT2D eigenvalue weighted by Crippen LogP contribution is 2.16. The van der Waals surface area contributed by atoms with Crippen molar-refractivity contribution < 1.29 is 14.7 Å². The molecule has 3 N–H and O–H groups in total. The van der Waals surface area contributed by atoms with Crippen molar-refractivity contribution in [2.24, 2.45) is 5.90 Å². The Morgan fingerprint density at radius 2 is 2.08 bits per heavy atom. The summed E-state index contributed by atoms with van der Waals surface area (Å²) >= 11 is 0. The highest BCUT2D eigenvalue weighted by molar-refractivity contribution is 5.66. The molecule has 0 aliphatic heterocycles. The molecule has 0 aromatic rings. The summed E-state index contributed by atoms with van der Waals surface area (Å²) in [4.78, 5) is 16.6. The van der Waals surface area contributed by atoms with Crippen LogP contribution in [0.25, 0.3) is 0 Å². The van der Waals surface area contributed by atoms with E-state index in [9.17, 15) is 4.79 Å². The monoisotopic (exact) mass is 190 g/mol. The van der Waals surface area contributed by atoms with Crippen molar-refractivity contribution in [1.29, 1.82) is 0 Å². The topological polar surface area (TPSA) is 75.8 Å². The van der Waals surface area contributed by atoms with Gasteiger partial charge in [0.15, 0.2) is 0 Å². The molecule has 1 atom stereocenters. The fraction of sp³-hybridized carbons (Fsp3) is 0.875. The summed E-state index contributed by atoms with van der Waals surface area (Å²) in [7, 11) is 0. The zero-order valence-electron chi connectivity index (χ0n) is 8.57. The summed E-state index contributed by atoms with van der Waals surface area (Å²) in [6.45, 7) is 7.44. The van der Waals surface area contributed by atoms with Crippen LogP contribution < -0.4 is 5.90 Å². The number of hydrogen-bond donors (Lipinski definition) is 2. The number of amides is 1. The van der Waals surface area contributed by atoms with E-state index in [0.717, 1.165) is 0 Å². The smallest absolute Gasteiger partial charge is 0.408 e. The molecular formula is C8H18N2O3. The van der Waals surface area contributed by atoms with Gasteiger partial charge in [0, 0.05) is 5.54 Å². The number of carbonyl (C=O) groups is 1. The first kappa shape index (κ1) is 12.2. The van der Waals surface area contributed by atoms with Crippen molar-refractivity contribution in [1.82, 2.24) is 4.90 Å². The van der Waals surface area contributed by atoms with E-state index in [1.165, 1.54) is 4.90 Å². The highest BCUT2D eigenvalue weighted by atomic mass is 16.6. The van der Waals surface area contributed by atoms with Crippen LogP contribution in [0.15, 0.2) is 0 Å². The van der Waals surface area contributed by atoms with Gasteiger partial charge in [-0.2, -0.15) is 0 Å². The average Bonchev–Trinajstić information content (AvgIpc) is 1.82. The van der Waals surface area contributed by atoms with Gasteiger partial charge >= 0.3 is 6.09 Å². The summed E-state index contributed by atoms with van der Waals surface area (Å²) in [5.41, 5.74) is -0.441. The Labute approximate surface area is 78.4 Å². The van der Waals surface area contributed by atoms with Crippen LogP contribution in [-0.4, -0.2) is 34.3 Å². The molecule has 0 aromatic heterocycles. The van der Waals surface area contributed by atoms with Gasteiger partial charge in [-0.3, -0.25) is 4.90 Å². The maximum Gasteiger partial charge on any atom is 0.408 e. The number of hydrogen-bond acceptors (Lipinski definition) is 3. The van der Waals surface area contributed by atoms with Crippen LogP contribution in [-0.2, 0) is 4.84 Å². The first-order chi connectivity index (χ1) is 5.80. The first-order valence-electron chi connectivity index (χ1n) is 4.14. The molecule has 0 saturated heterocycles. The van der Waals surface area contributed by atoms with Gasteiger partial charge < -0.3 is 9.94 Å². The summed E-state index contributed by atoms with van der Waals surface area (Å²) in [6, 6.07) is -0.248. The Balaban J connectivity index is 4.52. The van der Waals surface area contributed by atoms with Crippen LogP contribution in [0.5, 0.6) is 0 Å². The minimum atomic E-state index is -0.961. The summed E-state index contributed by atoms with van der Waals surface area (Å²) in [5.74, 6) is 4.89. The molecule has 5 nitrogen and oxygen atoms in total. The maximum atomic E-state index is 10.9. The van der Waals surface area contributed by atoms with Crippen LogP contribution in [0.3, 0.4) is 0 Å². The maximum absolute atomic E-state index is 10.9. The fourth-order valence-electron chi connectivity index (χ4n) is 1.35. The number of nitrogens with zero attached hydrogens (tertiary/aromatic N) is 1. The van der Waals surface area contributed by atoms with Crippen LogP contribution in [0.1, 0.15) is 27.7 Å². The Morgan fingerprint density at radius 3 is 2.31 bits per heavy atom. The second kappa shape index (κ2) is 4.43. The Hall–Kier alpha value is -0.810. The Morgan fingerprint density at radius 1 is 1.62 bits per heavy atom. The van der Waals surface area contributed by atoms with Crippen molar-refractivity contribution in [3.63, 3.8) is 0 Å². The molecule has 0 rings (SSSR count). The number of rotatable bonds is 3. The minimum absolute atomic E-state index is 0.198. The van der Waals surface area contributed by atoms with Gasteiger partial charge in [-0.25, -0.2) is 10.7 Å². The molecule has 0 saturated carbocycles. The second-order valence-corrected chi connectivity index (χ2v) is 4.01. The first-order valence-corrected chi connectivity index (χ1v) is 4.14. The molecule has 1 amide bonds. The van der Waals surface area contributed by atoms with E-state index in [2.05, 4.69) is 4.84 Å². The SMILES string of the molecule is CC(CON)N(C(=O)O)C(C)(C)C. The normalized spacial score (nSPS) is 13.9. The van der Waals surface area contributed by atoms with Gasteiger partial charge in [-0.05, 0) is 27.7 Å². The van der Waals surface area contributed by atoms with E-state index >= 15 is 0 Å². The molecule has 0 aliphatic rings. The van der Waals surface area contributed by atoms with Crippen LogP contribution in [0, 0.1) is 0 Å². The standard InChI is InChI=1S/C8H18N2O3/c1-6(5-13-9)10(7(11)12)8(2,3)4/h6H,5,9H2,1-4H3,(H,11,12). The van der Waals surface area contributed by atoms with Crippen LogP contribution >= 0.6 is 0 Å². The van der Waals surface area contributed by atoms with Crippen molar-refractivity contribution in [3.8, 4) is 0 Å². The zero-order chi connectivity index (χ0) is 10.6. The molecule has 0 bridgehead atoms. The van der Waals surface area contributed by atoms with E-state index in [4.69, 9.17) is 11.0 Å². The molecule has 0 aromatic carbocycles. The summed E-state index contributed by atoms with van der Waals surface area (Å²) < 4.78 is 0. The molecule has 13 heavy (non-hydrogen) atoms. The highest BCUT2D eigenvalue weighted by Gasteiger charge is 2.30. The lowest BCUT2D eigenvalue weighted by molar-refractivity contribution is 0.0267. The van der Waals surface area contributed by atoms with Gasteiger partial charge in [0.25, 0.3) is 0 Å². The molecular weight excluding hydrogens is 172 g/mol. The third-order valence-electron chi connectivity index (χ3n) is 1.71. The van der Waals surface area contributed by atoms with Gasteiger partial charge in [0.2, 0.25) is 0 Å². The molecule has 0 fully saturated rings. The van der Waals surface area contributed by atoms with E-state index < -0.39 is 11.6 Å². The van der Waals surface area contributed by atoms with Crippen LogP contribution in [0.4, 0.5) is 4.79 Å². The molecule has 0 spiro atoms. The molecule has 0 heterocycles. The van der Waals surface area contributed by atoms with Crippen molar-refractivity contribution in [3.05, 3.63) is 0 Å². The lowest BCUT2D eigenvalue weighted by atomic mass is 10.0. The third-order valence-corrected chi connectivity index (χ3v) is 1.71. The van der Waals surface area contributed by atoms with Crippen LogP contribution in [0.2, 0.25) is 0 Å². The molecule has 0 radical (unpaired) electrons. The quantitative estimate of drug-likeness (QED) is 0.652. The molecule has 78 valence electrons. The number of nitrogens with two attached hydrogens (primary N) is 1. The Kier molecular flexibility index (Phi) is 4.16. The summed E-state index contributed by atoms with van der Waals surface area (Å²) in [5, 5.41) is 8.94.